The molecule has 2 rings (SSSR count). The summed E-state index contributed by atoms with van der Waals surface area (Å²) >= 11 is 0. The summed E-state index contributed by atoms with van der Waals surface area (Å²) in [6.07, 6.45) is 3.93. The Morgan fingerprint density at radius 2 is 2.08 bits per heavy atom. The summed E-state index contributed by atoms with van der Waals surface area (Å²) in [5.41, 5.74) is 2.43. The number of H-pyrrole nitrogens is 1. The van der Waals surface area contributed by atoms with Crippen LogP contribution < -0.4 is 10.6 Å². The molecule has 1 amide bonds. The van der Waals surface area contributed by atoms with E-state index in [9.17, 15) is 4.79 Å². The first-order valence-corrected chi connectivity index (χ1v) is 8.81. The molecule has 0 bridgehead atoms. The van der Waals surface area contributed by atoms with Gasteiger partial charge in [-0.05, 0) is 31.4 Å². The summed E-state index contributed by atoms with van der Waals surface area (Å²) < 4.78 is 0. The Morgan fingerprint density at radius 3 is 2.80 bits per heavy atom. The second kappa shape index (κ2) is 9.11. The second-order valence-electron chi connectivity index (χ2n) is 6.44. The number of hydrogen-bond donors (Lipinski definition) is 3. The summed E-state index contributed by atoms with van der Waals surface area (Å²) in [5.74, 6) is 0.672. The molecular formula is C19H29N5O. The quantitative estimate of drug-likeness (QED) is 0.533. The lowest BCUT2D eigenvalue weighted by molar-refractivity contribution is -0.127. The van der Waals surface area contributed by atoms with Crippen LogP contribution in [-0.2, 0) is 11.2 Å². The van der Waals surface area contributed by atoms with E-state index in [4.69, 9.17) is 0 Å². The molecule has 1 aromatic carbocycles. The van der Waals surface area contributed by atoms with Gasteiger partial charge in [-0.2, -0.15) is 0 Å². The molecule has 0 fully saturated rings. The van der Waals surface area contributed by atoms with Gasteiger partial charge in [-0.1, -0.05) is 25.1 Å². The van der Waals surface area contributed by atoms with E-state index in [2.05, 4.69) is 58.9 Å². The van der Waals surface area contributed by atoms with Crippen LogP contribution in [-0.4, -0.2) is 55.0 Å². The Labute approximate surface area is 149 Å². The standard InChI is InChI=1S/C19H29N5O/c1-5-14(2)23-19(22-13-18(25)24(3)4)20-11-10-15-12-21-17-9-7-6-8-16(15)17/h6-9,12,14,21H,5,10-11,13H2,1-4H3,(H2,20,22,23). The van der Waals surface area contributed by atoms with Crippen LogP contribution in [0.4, 0.5) is 0 Å². The Balaban J connectivity index is 1.96. The Hall–Kier alpha value is -2.50. The molecule has 0 saturated carbocycles. The predicted molar refractivity (Wildman–Crippen MR) is 104 cm³/mol. The van der Waals surface area contributed by atoms with Crippen molar-refractivity contribution in [2.24, 2.45) is 4.99 Å². The van der Waals surface area contributed by atoms with Gasteiger partial charge in [-0.25, -0.2) is 4.99 Å². The van der Waals surface area contributed by atoms with Crippen LogP contribution in [0, 0.1) is 0 Å². The van der Waals surface area contributed by atoms with Crippen molar-refractivity contribution in [3.05, 3.63) is 36.0 Å². The third-order valence-corrected chi connectivity index (χ3v) is 4.23. The van der Waals surface area contributed by atoms with E-state index in [1.165, 1.54) is 10.9 Å². The number of rotatable bonds is 7. The number of hydrogen-bond acceptors (Lipinski definition) is 2. The Bertz CT molecular complexity index is 719. The minimum atomic E-state index is -0.0121. The monoisotopic (exact) mass is 343 g/mol. The molecule has 3 N–H and O–H groups in total. The highest BCUT2D eigenvalue weighted by Gasteiger charge is 2.08. The van der Waals surface area contributed by atoms with Gasteiger partial charge in [0.05, 0.1) is 0 Å². The molecule has 25 heavy (non-hydrogen) atoms. The van der Waals surface area contributed by atoms with Crippen molar-refractivity contribution >= 4 is 22.8 Å². The van der Waals surface area contributed by atoms with Gasteiger partial charge in [0.15, 0.2) is 5.96 Å². The van der Waals surface area contributed by atoms with E-state index < -0.39 is 0 Å². The number of carbonyl (C=O) groups excluding carboxylic acids is 1. The van der Waals surface area contributed by atoms with Gasteiger partial charge in [-0.3, -0.25) is 4.79 Å². The van der Waals surface area contributed by atoms with E-state index >= 15 is 0 Å². The van der Waals surface area contributed by atoms with Crippen LogP contribution in [0.3, 0.4) is 0 Å². The third-order valence-electron chi connectivity index (χ3n) is 4.23. The number of likely N-dealkylation sites (N-methyl/N-ethyl adjacent to an activating group) is 1. The fourth-order valence-corrected chi connectivity index (χ4v) is 2.43. The smallest absolute Gasteiger partial charge is 0.243 e. The number of carbonyl (C=O) groups is 1. The second-order valence-corrected chi connectivity index (χ2v) is 6.44. The lowest BCUT2D eigenvalue weighted by atomic mass is 10.1. The molecule has 2 aromatic rings. The van der Waals surface area contributed by atoms with Crippen LogP contribution in [0.1, 0.15) is 25.8 Å². The molecule has 0 aliphatic heterocycles. The van der Waals surface area contributed by atoms with Crippen LogP contribution in [0.5, 0.6) is 0 Å². The first-order chi connectivity index (χ1) is 12.0. The molecule has 0 saturated heterocycles. The number of aromatic nitrogens is 1. The maximum atomic E-state index is 11.8. The Kier molecular flexibility index (Phi) is 6.86. The largest absolute Gasteiger partial charge is 0.361 e. The van der Waals surface area contributed by atoms with Gasteiger partial charge in [0, 0.05) is 43.8 Å². The summed E-state index contributed by atoms with van der Waals surface area (Å²) in [5, 5.41) is 7.93. The topological polar surface area (TPSA) is 72.5 Å². The summed E-state index contributed by atoms with van der Waals surface area (Å²) in [7, 11) is 3.48. The molecule has 1 aromatic heterocycles. The molecule has 1 atom stereocenters. The number of aromatic amines is 1. The average Bonchev–Trinajstić information content (AvgIpc) is 3.02. The van der Waals surface area contributed by atoms with E-state index in [-0.39, 0.29) is 12.5 Å². The number of amides is 1. The van der Waals surface area contributed by atoms with Crippen molar-refractivity contribution in [2.75, 3.05) is 27.2 Å². The molecule has 0 aliphatic carbocycles. The average molecular weight is 343 g/mol. The van der Waals surface area contributed by atoms with E-state index in [0.717, 1.165) is 24.9 Å². The van der Waals surface area contributed by atoms with Crippen LogP contribution in [0.25, 0.3) is 10.9 Å². The molecule has 1 unspecified atom stereocenters. The molecule has 1 heterocycles. The third kappa shape index (κ3) is 5.52. The number of guanidine groups is 1. The van der Waals surface area contributed by atoms with Crippen molar-refractivity contribution in [3.8, 4) is 0 Å². The normalized spacial score (nSPS) is 12.9. The van der Waals surface area contributed by atoms with Gasteiger partial charge in [0.1, 0.15) is 6.54 Å². The number of para-hydroxylation sites is 1. The molecular weight excluding hydrogens is 314 g/mol. The fourth-order valence-electron chi connectivity index (χ4n) is 2.43. The maximum Gasteiger partial charge on any atom is 0.243 e. The summed E-state index contributed by atoms with van der Waals surface area (Å²) in [4.78, 5) is 21.0. The van der Waals surface area contributed by atoms with E-state index in [1.54, 1.807) is 19.0 Å². The van der Waals surface area contributed by atoms with Gasteiger partial charge < -0.3 is 20.5 Å². The van der Waals surface area contributed by atoms with Crippen molar-refractivity contribution in [3.63, 3.8) is 0 Å². The van der Waals surface area contributed by atoms with Gasteiger partial charge >= 0.3 is 0 Å². The van der Waals surface area contributed by atoms with Crippen molar-refractivity contribution in [1.29, 1.82) is 0 Å². The van der Waals surface area contributed by atoms with E-state index in [1.807, 2.05) is 6.07 Å². The van der Waals surface area contributed by atoms with Crippen LogP contribution >= 0.6 is 0 Å². The number of benzene rings is 1. The molecule has 0 spiro atoms. The molecule has 6 nitrogen and oxygen atoms in total. The van der Waals surface area contributed by atoms with Gasteiger partial charge in [0.2, 0.25) is 5.91 Å². The van der Waals surface area contributed by atoms with Crippen molar-refractivity contribution in [1.82, 2.24) is 20.5 Å². The number of aliphatic imine (C=N–C) groups is 1. The zero-order valence-corrected chi connectivity index (χ0v) is 15.6. The highest BCUT2D eigenvalue weighted by atomic mass is 16.2. The molecule has 0 radical (unpaired) electrons. The minimum absolute atomic E-state index is 0.0121. The first kappa shape index (κ1) is 18.8. The number of nitrogens with zero attached hydrogens (tertiary/aromatic N) is 2. The van der Waals surface area contributed by atoms with Crippen molar-refractivity contribution < 1.29 is 4.79 Å². The van der Waals surface area contributed by atoms with Crippen LogP contribution in [0.15, 0.2) is 35.5 Å². The molecule has 6 heteroatoms. The summed E-state index contributed by atoms with van der Waals surface area (Å²) in [6, 6.07) is 8.59. The highest BCUT2D eigenvalue weighted by Crippen LogP contribution is 2.17. The zero-order chi connectivity index (χ0) is 18.2. The van der Waals surface area contributed by atoms with Crippen LogP contribution in [0.2, 0.25) is 0 Å². The fraction of sp³-hybridized carbons (Fsp3) is 0.474. The first-order valence-electron chi connectivity index (χ1n) is 8.81. The highest BCUT2D eigenvalue weighted by molar-refractivity contribution is 5.85. The number of nitrogens with one attached hydrogen (secondary N) is 3. The number of fused-ring (bicyclic) bond motifs is 1. The SMILES string of the molecule is CCC(C)NC(=NCC(=O)N(C)C)NCCc1c[nH]c2ccccc12. The van der Waals surface area contributed by atoms with Gasteiger partial charge in [-0.15, -0.1) is 0 Å². The lowest BCUT2D eigenvalue weighted by Gasteiger charge is -2.17. The van der Waals surface area contributed by atoms with E-state index in [0.29, 0.717) is 12.0 Å². The predicted octanol–water partition coefficient (Wildman–Crippen LogP) is 2.13. The Morgan fingerprint density at radius 1 is 1.32 bits per heavy atom. The van der Waals surface area contributed by atoms with Gasteiger partial charge in [0.25, 0.3) is 0 Å². The minimum Gasteiger partial charge on any atom is -0.361 e. The lowest BCUT2D eigenvalue weighted by Crippen LogP contribution is -2.43. The molecule has 0 aliphatic rings. The maximum absolute atomic E-state index is 11.8. The molecule has 136 valence electrons. The summed E-state index contributed by atoms with van der Waals surface area (Å²) in [6.45, 7) is 5.11. The zero-order valence-electron chi connectivity index (χ0n) is 15.6. The van der Waals surface area contributed by atoms with Crippen molar-refractivity contribution in [2.45, 2.75) is 32.7 Å².